The Morgan fingerprint density at radius 2 is 1.66 bits per heavy atom. The maximum atomic E-state index is 14.1. The first-order chi connectivity index (χ1) is 19.2. The van der Waals surface area contributed by atoms with Crippen LogP contribution in [0.5, 0.6) is 5.75 Å². The molecule has 0 spiro atoms. The van der Waals surface area contributed by atoms with Crippen molar-refractivity contribution < 1.29 is 22.7 Å². The van der Waals surface area contributed by atoms with Crippen LogP contribution < -0.4 is 14.4 Å². The third-order valence-corrected chi connectivity index (χ3v) is 8.50. The fourth-order valence-corrected chi connectivity index (χ4v) is 6.05. The van der Waals surface area contributed by atoms with Crippen LogP contribution in [0.25, 0.3) is 0 Å². The van der Waals surface area contributed by atoms with Gasteiger partial charge in [-0.3, -0.25) is 13.9 Å². The first-order valence-electron chi connectivity index (χ1n) is 13.4. The molecule has 0 bridgehead atoms. The Labute approximate surface area is 251 Å². The number of carbonyl (C=O) groups excluding carboxylic acids is 2. The second-order valence-corrected chi connectivity index (χ2v) is 13.6. The van der Waals surface area contributed by atoms with Crippen LogP contribution in [0.3, 0.4) is 0 Å². The Morgan fingerprint density at radius 1 is 1.00 bits per heavy atom. The van der Waals surface area contributed by atoms with E-state index in [9.17, 15) is 18.0 Å². The van der Waals surface area contributed by atoms with E-state index >= 15 is 0 Å². The highest BCUT2D eigenvalue weighted by atomic mass is 79.9. The molecule has 2 amide bonds. The third kappa shape index (κ3) is 8.56. The number of para-hydroxylation sites is 2. The van der Waals surface area contributed by atoms with Crippen molar-refractivity contribution in [3.05, 3.63) is 88.4 Å². The van der Waals surface area contributed by atoms with Crippen LogP contribution in [0.1, 0.15) is 45.7 Å². The summed E-state index contributed by atoms with van der Waals surface area (Å²) in [5.41, 5.74) is 1.40. The van der Waals surface area contributed by atoms with Crippen molar-refractivity contribution in [1.29, 1.82) is 0 Å². The summed E-state index contributed by atoms with van der Waals surface area (Å²) in [7, 11) is -4.20. The van der Waals surface area contributed by atoms with Crippen molar-refractivity contribution in [3.63, 3.8) is 0 Å². The molecule has 0 aliphatic heterocycles. The second kappa shape index (κ2) is 13.5. The van der Waals surface area contributed by atoms with Crippen molar-refractivity contribution in [3.8, 4) is 5.75 Å². The van der Waals surface area contributed by atoms with E-state index in [1.165, 1.54) is 17.0 Å². The molecule has 0 aliphatic rings. The second-order valence-electron chi connectivity index (χ2n) is 10.8. The summed E-state index contributed by atoms with van der Waals surface area (Å²) in [5, 5.41) is 2.93. The van der Waals surface area contributed by atoms with Gasteiger partial charge in [0.25, 0.3) is 10.0 Å². The first-order valence-corrected chi connectivity index (χ1v) is 15.6. The van der Waals surface area contributed by atoms with Crippen LogP contribution in [0.2, 0.25) is 0 Å². The Bertz CT molecular complexity index is 1470. The average molecular weight is 645 g/mol. The number of rotatable bonds is 11. The van der Waals surface area contributed by atoms with Crippen LogP contribution >= 0.6 is 15.9 Å². The van der Waals surface area contributed by atoms with Crippen molar-refractivity contribution >= 4 is 43.5 Å². The molecule has 0 radical (unpaired) electrons. The molecule has 220 valence electrons. The molecule has 41 heavy (non-hydrogen) atoms. The molecule has 1 atom stereocenters. The number of nitrogens with zero attached hydrogens (tertiary/aromatic N) is 2. The summed E-state index contributed by atoms with van der Waals surface area (Å²) in [6.45, 7) is 10.8. The number of anilines is 1. The minimum Gasteiger partial charge on any atom is -0.492 e. The minimum absolute atomic E-state index is 0.0410. The highest BCUT2D eigenvalue weighted by molar-refractivity contribution is 9.10. The molecule has 3 aromatic carbocycles. The van der Waals surface area contributed by atoms with Crippen molar-refractivity contribution in [2.24, 2.45) is 0 Å². The zero-order chi connectivity index (χ0) is 30.4. The van der Waals surface area contributed by atoms with E-state index in [0.717, 1.165) is 19.9 Å². The summed E-state index contributed by atoms with van der Waals surface area (Å²) in [5.74, 6) is -0.553. The first kappa shape index (κ1) is 32.1. The van der Waals surface area contributed by atoms with Crippen molar-refractivity contribution in [2.75, 3.05) is 17.5 Å². The number of sulfonamides is 1. The monoisotopic (exact) mass is 643 g/mol. The van der Waals surface area contributed by atoms with Gasteiger partial charge in [0.05, 0.1) is 17.2 Å². The van der Waals surface area contributed by atoms with Gasteiger partial charge >= 0.3 is 0 Å². The summed E-state index contributed by atoms with van der Waals surface area (Å²) in [4.78, 5) is 28.8. The smallest absolute Gasteiger partial charge is 0.264 e. The van der Waals surface area contributed by atoms with Gasteiger partial charge in [-0.1, -0.05) is 57.9 Å². The largest absolute Gasteiger partial charge is 0.492 e. The van der Waals surface area contributed by atoms with E-state index in [1.807, 2.05) is 52.0 Å². The van der Waals surface area contributed by atoms with Gasteiger partial charge in [0.2, 0.25) is 11.8 Å². The lowest BCUT2D eigenvalue weighted by Gasteiger charge is -2.33. The molecular weight excluding hydrogens is 606 g/mol. The predicted octanol–water partition coefficient (Wildman–Crippen LogP) is 5.68. The maximum Gasteiger partial charge on any atom is 0.264 e. The fraction of sp³-hybridized carbons (Fsp3) is 0.355. The molecule has 3 aromatic rings. The quantitative estimate of drug-likeness (QED) is 0.290. The highest BCUT2D eigenvalue weighted by Gasteiger charge is 2.34. The van der Waals surface area contributed by atoms with Gasteiger partial charge in [-0.05, 0) is 83.5 Å². The van der Waals surface area contributed by atoms with Crippen molar-refractivity contribution in [2.45, 2.75) is 64.6 Å². The molecule has 0 unspecified atom stereocenters. The number of aryl methyl sites for hydroxylation is 1. The Morgan fingerprint density at radius 3 is 2.27 bits per heavy atom. The molecule has 0 fully saturated rings. The number of benzene rings is 3. The van der Waals surface area contributed by atoms with E-state index < -0.39 is 34.1 Å². The van der Waals surface area contributed by atoms with E-state index in [-0.39, 0.29) is 23.0 Å². The van der Waals surface area contributed by atoms with Crippen LogP contribution in [0.4, 0.5) is 5.69 Å². The normalized spacial score (nSPS) is 12.4. The molecule has 0 saturated carbocycles. The molecule has 0 aliphatic carbocycles. The summed E-state index contributed by atoms with van der Waals surface area (Å²) < 4.78 is 35.8. The Hall–Kier alpha value is -3.37. The van der Waals surface area contributed by atoms with Gasteiger partial charge in [0.1, 0.15) is 18.3 Å². The standard InChI is InChI=1S/C31H38BrN3O5S/c1-7-40-28-14-9-8-13-27(28)35(41(38,39)26-17-15-22(2)16-18-26)21-29(36)34(20-24-11-10-12-25(32)19-24)23(3)30(37)33-31(4,5)6/h8-19,23H,7,20-21H2,1-6H3,(H,33,37)/t23-/m1/s1. The van der Waals surface area contributed by atoms with E-state index in [4.69, 9.17) is 4.74 Å². The maximum absolute atomic E-state index is 14.1. The van der Waals surface area contributed by atoms with Gasteiger partial charge in [-0.25, -0.2) is 8.42 Å². The average Bonchev–Trinajstić information content (AvgIpc) is 2.90. The van der Waals surface area contributed by atoms with Crippen molar-refractivity contribution in [1.82, 2.24) is 10.2 Å². The zero-order valence-corrected chi connectivity index (χ0v) is 26.8. The van der Waals surface area contributed by atoms with Gasteiger partial charge in [0, 0.05) is 16.6 Å². The van der Waals surface area contributed by atoms with Gasteiger partial charge < -0.3 is 15.0 Å². The number of ether oxygens (including phenoxy) is 1. The number of halogens is 1. The van der Waals surface area contributed by atoms with Gasteiger partial charge in [0.15, 0.2) is 0 Å². The molecule has 3 rings (SSSR count). The number of hydrogen-bond acceptors (Lipinski definition) is 5. The SMILES string of the molecule is CCOc1ccccc1N(CC(=O)N(Cc1cccc(Br)c1)[C@H](C)C(=O)NC(C)(C)C)S(=O)(=O)c1ccc(C)cc1. The topological polar surface area (TPSA) is 96.0 Å². The molecule has 1 N–H and O–H groups in total. The highest BCUT2D eigenvalue weighted by Crippen LogP contribution is 2.33. The lowest BCUT2D eigenvalue weighted by molar-refractivity contribution is -0.140. The van der Waals surface area contributed by atoms with E-state index in [0.29, 0.717) is 12.4 Å². The van der Waals surface area contributed by atoms with Crippen LogP contribution in [-0.2, 0) is 26.2 Å². The minimum atomic E-state index is -4.20. The van der Waals surface area contributed by atoms with Crippen LogP contribution in [-0.4, -0.2) is 49.9 Å². The summed E-state index contributed by atoms with van der Waals surface area (Å²) in [6.07, 6.45) is 0. The Balaban J connectivity index is 2.09. The lowest BCUT2D eigenvalue weighted by atomic mass is 10.1. The molecule has 10 heteroatoms. The van der Waals surface area contributed by atoms with Gasteiger partial charge in [-0.15, -0.1) is 0 Å². The molecule has 0 heterocycles. The predicted molar refractivity (Wildman–Crippen MR) is 165 cm³/mol. The lowest BCUT2D eigenvalue weighted by Crippen LogP contribution is -2.54. The number of carbonyl (C=O) groups is 2. The molecule has 0 aromatic heterocycles. The zero-order valence-electron chi connectivity index (χ0n) is 24.3. The number of hydrogen-bond donors (Lipinski definition) is 1. The summed E-state index contributed by atoms with van der Waals surface area (Å²) in [6, 6.07) is 19.7. The number of amides is 2. The van der Waals surface area contributed by atoms with E-state index in [1.54, 1.807) is 50.2 Å². The Kier molecular flexibility index (Phi) is 10.6. The van der Waals surface area contributed by atoms with E-state index in [2.05, 4.69) is 21.2 Å². The number of nitrogens with one attached hydrogen (secondary N) is 1. The third-order valence-electron chi connectivity index (χ3n) is 6.23. The molecule has 0 saturated heterocycles. The fourth-order valence-electron chi connectivity index (χ4n) is 4.18. The van der Waals surface area contributed by atoms with Crippen LogP contribution in [0.15, 0.2) is 82.2 Å². The molecule has 8 nitrogen and oxygen atoms in total. The summed E-state index contributed by atoms with van der Waals surface area (Å²) >= 11 is 3.46. The van der Waals surface area contributed by atoms with Crippen LogP contribution in [0, 0.1) is 6.92 Å². The van der Waals surface area contributed by atoms with Gasteiger partial charge in [-0.2, -0.15) is 0 Å². The molecular formula is C31H38BrN3O5S.